The van der Waals surface area contributed by atoms with Crippen LogP contribution in [-0.2, 0) is 6.42 Å². The van der Waals surface area contributed by atoms with Gasteiger partial charge in [0.15, 0.2) is 0 Å². The van der Waals surface area contributed by atoms with E-state index in [1.807, 2.05) is 12.4 Å². The van der Waals surface area contributed by atoms with E-state index in [0.29, 0.717) is 6.04 Å². The summed E-state index contributed by atoms with van der Waals surface area (Å²) in [7, 11) is 0. The lowest BCUT2D eigenvalue weighted by molar-refractivity contribution is 0.503. The van der Waals surface area contributed by atoms with Crippen LogP contribution in [0.2, 0.25) is 0 Å². The van der Waals surface area contributed by atoms with Crippen molar-refractivity contribution in [3.05, 3.63) is 30.1 Å². The molecule has 0 aliphatic heterocycles. The molecule has 16 heavy (non-hydrogen) atoms. The summed E-state index contributed by atoms with van der Waals surface area (Å²) in [5, 5.41) is 7.06. The van der Waals surface area contributed by atoms with Gasteiger partial charge in [0.1, 0.15) is 0 Å². The molecule has 0 radical (unpaired) electrons. The highest BCUT2D eigenvalue weighted by Gasteiger charge is 2.20. The van der Waals surface area contributed by atoms with E-state index >= 15 is 0 Å². The highest BCUT2D eigenvalue weighted by atomic mass is 15.0. The molecule has 0 aromatic carbocycles. The van der Waals surface area contributed by atoms with Gasteiger partial charge in [0.2, 0.25) is 0 Å². The van der Waals surface area contributed by atoms with Gasteiger partial charge in [-0.3, -0.25) is 4.98 Å². The smallest absolute Gasteiger partial charge is 0.0270 e. The fourth-order valence-electron chi connectivity index (χ4n) is 1.72. The Balaban J connectivity index is 1.56. The zero-order chi connectivity index (χ0) is 11.2. The van der Waals surface area contributed by atoms with Gasteiger partial charge < -0.3 is 10.6 Å². The molecule has 0 bridgehead atoms. The van der Waals surface area contributed by atoms with Gasteiger partial charge in [-0.25, -0.2) is 0 Å². The summed E-state index contributed by atoms with van der Waals surface area (Å²) in [6.07, 6.45) is 7.52. The van der Waals surface area contributed by atoms with E-state index in [1.54, 1.807) is 0 Å². The van der Waals surface area contributed by atoms with Crippen LogP contribution in [0.4, 0.5) is 0 Å². The second-order valence-corrected chi connectivity index (χ2v) is 4.64. The summed E-state index contributed by atoms with van der Waals surface area (Å²) in [4.78, 5) is 4.01. The Kier molecular flexibility index (Phi) is 4.31. The Morgan fingerprint density at radius 3 is 2.81 bits per heavy atom. The van der Waals surface area contributed by atoms with Crippen LogP contribution in [0.1, 0.15) is 25.3 Å². The van der Waals surface area contributed by atoms with Gasteiger partial charge in [-0.05, 0) is 50.4 Å². The van der Waals surface area contributed by atoms with Crippen molar-refractivity contribution in [3.63, 3.8) is 0 Å². The van der Waals surface area contributed by atoms with Crippen molar-refractivity contribution in [1.82, 2.24) is 15.6 Å². The van der Waals surface area contributed by atoms with Gasteiger partial charge in [0.25, 0.3) is 0 Å². The van der Waals surface area contributed by atoms with E-state index in [-0.39, 0.29) is 0 Å². The lowest BCUT2D eigenvalue weighted by Crippen LogP contribution is -2.38. The van der Waals surface area contributed by atoms with Crippen LogP contribution >= 0.6 is 0 Å². The second-order valence-electron chi connectivity index (χ2n) is 4.64. The molecule has 1 aliphatic carbocycles. The van der Waals surface area contributed by atoms with Gasteiger partial charge in [0, 0.05) is 31.0 Å². The minimum absolute atomic E-state index is 0.558. The Morgan fingerprint density at radius 2 is 2.12 bits per heavy atom. The predicted octanol–water partition coefficient (Wildman–Crippen LogP) is 1.35. The largest absolute Gasteiger partial charge is 0.313 e. The predicted molar refractivity (Wildman–Crippen MR) is 66.4 cm³/mol. The van der Waals surface area contributed by atoms with Crippen LogP contribution < -0.4 is 10.6 Å². The molecule has 1 heterocycles. The van der Waals surface area contributed by atoms with E-state index in [9.17, 15) is 0 Å². The van der Waals surface area contributed by atoms with E-state index in [1.165, 1.54) is 18.4 Å². The molecule has 1 aromatic heterocycles. The van der Waals surface area contributed by atoms with Crippen LogP contribution in [0.25, 0.3) is 0 Å². The first-order valence-electron chi connectivity index (χ1n) is 6.20. The molecule has 0 amide bonds. The molecule has 1 fully saturated rings. The molecule has 1 aromatic rings. The Hall–Kier alpha value is -0.930. The first-order chi connectivity index (χ1) is 7.84. The molecule has 1 aliphatic rings. The first-order valence-corrected chi connectivity index (χ1v) is 6.20. The maximum atomic E-state index is 4.01. The highest BCUT2D eigenvalue weighted by Crippen LogP contribution is 2.18. The van der Waals surface area contributed by atoms with Crippen molar-refractivity contribution >= 4 is 0 Å². The number of nitrogens with zero attached hydrogens (tertiary/aromatic N) is 1. The normalized spacial score (nSPS) is 17.3. The zero-order valence-electron chi connectivity index (χ0n) is 9.95. The van der Waals surface area contributed by atoms with E-state index in [0.717, 1.165) is 25.6 Å². The lowest BCUT2D eigenvalue weighted by Gasteiger charge is -2.14. The number of nitrogens with one attached hydrogen (secondary N) is 2. The number of aromatic nitrogens is 1. The summed E-state index contributed by atoms with van der Waals surface area (Å²) >= 11 is 0. The molecule has 1 unspecified atom stereocenters. The number of rotatable bonds is 7. The third-order valence-corrected chi connectivity index (χ3v) is 2.95. The summed E-state index contributed by atoms with van der Waals surface area (Å²) in [5.74, 6) is 0. The molecule has 0 spiro atoms. The van der Waals surface area contributed by atoms with Crippen molar-refractivity contribution in [3.8, 4) is 0 Å². The maximum Gasteiger partial charge on any atom is 0.0270 e. The van der Waals surface area contributed by atoms with Gasteiger partial charge in [0.05, 0.1) is 0 Å². The molecule has 2 rings (SSSR count). The molecular weight excluding hydrogens is 198 g/mol. The van der Waals surface area contributed by atoms with E-state index < -0.39 is 0 Å². The first kappa shape index (κ1) is 11.6. The van der Waals surface area contributed by atoms with Crippen LogP contribution in [-0.4, -0.2) is 30.2 Å². The van der Waals surface area contributed by atoms with Crippen molar-refractivity contribution in [2.75, 3.05) is 13.1 Å². The van der Waals surface area contributed by atoms with Gasteiger partial charge in [-0.1, -0.05) is 0 Å². The van der Waals surface area contributed by atoms with Crippen molar-refractivity contribution < 1.29 is 0 Å². The average Bonchev–Trinajstić information content (AvgIpc) is 3.12. The number of hydrogen-bond acceptors (Lipinski definition) is 3. The monoisotopic (exact) mass is 219 g/mol. The quantitative estimate of drug-likeness (QED) is 0.727. The van der Waals surface area contributed by atoms with Crippen molar-refractivity contribution in [1.29, 1.82) is 0 Å². The molecule has 1 saturated carbocycles. The lowest BCUT2D eigenvalue weighted by atomic mass is 10.2. The molecule has 3 nitrogen and oxygen atoms in total. The fraction of sp³-hybridized carbons (Fsp3) is 0.615. The van der Waals surface area contributed by atoms with E-state index in [2.05, 4.69) is 34.7 Å². The van der Waals surface area contributed by atoms with E-state index in [4.69, 9.17) is 0 Å². The minimum Gasteiger partial charge on any atom is -0.313 e. The highest BCUT2D eigenvalue weighted by molar-refractivity contribution is 5.09. The van der Waals surface area contributed by atoms with Gasteiger partial charge in [-0.2, -0.15) is 0 Å². The number of pyridine rings is 1. The maximum absolute atomic E-state index is 4.01. The summed E-state index contributed by atoms with van der Waals surface area (Å²) in [6, 6.07) is 5.52. The second kappa shape index (κ2) is 5.97. The van der Waals surface area contributed by atoms with Crippen LogP contribution in [0.3, 0.4) is 0 Å². The Labute approximate surface area is 97.7 Å². The zero-order valence-corrected chi connectivity index (χ0v) is 9.95. The van der Waals surface area contributed by atoms with Crippen LogP contribution in [0.15, 0.2) is 24.5 Å². The molecule has 88 valence electrons. The van der Waals surface area contributed by atoms with Crippen molar-refractivity contribution in [2.24, 2.45) is 0 Å². The molecule has 2 N–H and O–H groups in total. The molecule has 1 atom stereocenters. The Bertz CT molecular complexity index is 295. The molecular formula is C13H21N3. The van der Waals surface area contributed by atoms with Crippen LogP contribution in [0.5, 0.6) is 0 Å². The van der Waals surface area contributed by atoms with Gasteiger partial charge in [-0.15, -0.1) is 0 Å². The topological polar surface area (TPSA) is 37.0 Å². The third kappa shape index (κ3) is 4.29. The van der Waals surface area contributed by atoms with Crippen molar-refractivity contribution in [2.45, 2.75) is 38.3 Å². The molecule has 3 heteroatoms. The van der Waals surface area contributed by atoms with Gasteiger partial charge >= 0.3 is 0 Å². The summed E-state index contributed by atoms with van der Waals surface area (Å²) in [5.41, 5.74) is 1.35. The SMILES string of the molecule is CC(CNC1CC1)NCCc1ccncc1. The molecule has 0 saturated heterocycles. The summed E-state index contributed by atoms with van der Waals surface area (Å²) in [6.45, 7) is 4.36. The fourth-order valence-corrected chi connectivity index (χ4v) is 1.72. The average molecular weight is 219 g/mol. The number of hydrogen-bond donors (Lipinski definition) is 2. The Morgan fingerprint density at radius 1 is 1.38 bits per heavy atom. The minimum atomic E-state index is 0.558. The van der Waals surface area contributed by atoms with Crippen LogP contribution in [0, 0.1) is 0 Å². The summed E-state index contributed by atoms with van der Waals surface area (Å²) < 4.78 is 0. The third-order valence-electron chi connectivity index (χ3n) is 2.95. The standard InChI is InChI=1S/C13H21N3/c1-11(10-16-13-2-3-13)15-9-6-12-4-7-14-8-5-12/h4-5,7-8,11,13,15-16H,2-3,6,9-10H2,1H3.